The highest BCUT2D eigenvalue weighted by atomic mass is 79.9. The zero-order chi connectivity index (χ0) is 13.8. The standard InChI is InChI=1S/C13H14BrN3O2/c14-11-7-9(8-16-12(11)18)13(19)17(6-5-15)10-3-1-2-4-10/h7-8,10H,1-4,6H2,(H,16,18). The number of hydrogen-bond donors (Lipinski definition) is 1. The summed E-state index contributed by atoms with van der Waals surface area (Å²) in [6.07, 6.45) is 5.47. The summed E-state index contributed by atoms with van der Waals surface area (Å²) in [6, 6.07) is 3.68. The molecule has 1 aliphatic rings. The summed E-state index contributed by atoms with van der Waals surface area (Å²) < 4.78 is 0.321. The molecule has 1 saturated carbocycles. The molecule has 0 aliphatic heterocycles. The Morgan fingerprint density at radius 1 is 1.53 bits per heavy atom. The van der Waals surface area contributed by atoms with E-state index in [0.717, 1.165) is 25.7 Å². The average molecular weight is 324 g/mol. The smallest absolute Gasteiger partial charge is 0.262 e. The Morgan fingerprint density at radius 3 is 2.79 bits per heavy atom. The van der Waals surface area contributed by atoms with Crippen molar-refractivity contribution in [2.45, 2.75) is 31.7 Å². The van der Waals surface area contributed by atoms with Crippen LogP contribution in [-0.4, -0.2) is 28.4 Å². The van der Waals surface area contributed by atoms with Gasteiger partial charge in [-0.2, -0.15) is 5.26 Å². The summed E-state index contributed by atoms with van der Waals surface area (Å²) in [5.74, 6) is -0.203. The van der Waals surface area contributed by atoms with Gasteiger partial charge in [0.05, 0.1) is 16.1 Å². The van der Waals surface area contributed by atoms with Crippen LogP contribution in [0.25, 0.3) is 0 Å². The molecule has 0 bridgehead atoms. The quantitative estimate of drug-likeness (QED) is 0.865. The lowest BCUT2D eigenvalue weighted by Gasteiger charge is -2.26. The van der Waals surface area contributed by atoms with Crippen LogP contribution in [-0.2, 0) is 0 Å². The average Bonchev–Trinajstić information content (AvgIpc) is 2.92. The van der Waals surface area contributed by atoms with Crippen molar-refractivity contribution in [2.75, 3.05) is 6.54 Å². The van der Waals surface area contributed by atoms with E-state index in [0.29, 0.717) is 10.0 Å². The molecule has 100 valence electrons. The van der Waals surface area contributed by atoms with Crippen LogP contribution in [0.3, 0.4) is 0 Å². The Labute approximate surface area is 119 Å². The van der Waals surface area contributed by atoms with E-state index in [4.69, 9.17) is 5.26 Å². The van der Waals surface area contributed by atoms with Crippen LogP contribution in [0.5, 0.6) is 0 Å². The molecule has 1 N–H and O–H groups in total. The minimum atomic E-state index is -0.274. The monoisotopic (exact) mass is 323 g/mol. The van der Waals surface area contributed by atoms with E-state index in [1.165, 1.54) is 12.3 Å². The molecule has 5 nitrogen and oxygen atoms in total. The Kier molecular flexibility index (Phi) is 4.38. The predicted molar refractivity (Wildman–Crippen MR) is 73.7 cm³/mol. The fourth-order valence-corrected chi connectivity index (χ4v) is 2.77. The number of amides is 1. The Hall–Kier alpha value is -1.61. The van der Waals surface area contributed by atoms with E-state index in [1.54, 1.807) is 4.90 Å². The summed E-state index contributed by atoms with van der Waals surface area (Å²) in [6.45, 7) is 0.0836. The molecule has 1 heterocycles. The zero-order valence-corrected chi connectivity index (χ0v) is 11.9. The number of hydrogen-bond acceptors (Lipinski definition) is 3. The molecular weight excluding hydrogens is 310 g/mol. The van der Waals surface area contributed by atoms with Gasteiger partial charge in [0.25, 0.3) is 11.5 Å². The van der Waals surface area contributed by atoms with Gasteiger partial charge < -0.3 is 9.88 Å². The van der Waals surface area contributed by atoms with Crippen LogP contribution in [0.15, 0.2) is 21.5 Å². The minimum absolute atomic E-state index is 0.0836. The molecule has 0 atom stereocenters. The summed E-state index contributed by atoms with van der Waals surface area (Å²) in [5, 5.41) is 8.88. The van der Waals surface area contributed by atoms with E-state index >= 15 is 0 Å². The number of nitriles is 1. The second-order valence-electron chi connectivity index (χ2n) is 4.59. The van der Waals surface area contributed by atoms with Crippen LogP contribution in [0.2, 0.25) is 0 Å². The van der Waals surface area contributed by atoms with Gasteiger partial charge in [0.2, 0.25) is 0 Å². The molecule has 0 spiro atoms. The zero-order valence-electron chi connectivity index (χ0n) is 10.4. The van der Waals surface area contributed by atoms with Gasteiger partial charge >= 0.3 is 0 Å². The molecule has 1 aliphatic carbocycles. The molecule has 1 amide bonds. The van der Waals surface area contributed by atoms with Crippen molar-refractivity contribution in [3.05, 3.63) is 32.7 Å². The highest BCUT2D eigenvalue weighted by molar-refractivity contribution is 9.10. The first kappa shape index (κ1) is 13.8. The second-order valence-corrected chi connectivity index (χ2v) is 5.45. The van der Waals surface area contributed by atoms with E-state index in [9.17, 15) is 9.59 Å². The van der Waals surface area contributed by atoms with E-state index in [2.05, 4.69) is 20.9 Å². The highest BCUT2D eigenvalue weighted by Gasteiger charge is 2.27. The lowest BCUT2D eigenvalue weighted by Crippen LogP contribution is -2.39. The van der Waals surface area contributed by atoms with Crippen LogP contribution in [0.4, 0.5) is 0 Å². The van der Waals surface area contributed by atoms with E-state index in [-0.39, 0.29) is 24.1 Å². The van der Waals surface area contributed by atoms with Gasteiger partial charge in [0.15, 0.2) is 0 Å². The molecule has 1 aromatic heterocycles. The van der Waals surface area contributed by atoms with Gasteiger partial charge in [-0.1, -0.05) is 12.8 Å². The van der Waals surface area contributed by atoms with Gasteiger partial charge in [-0.3, -0.25) is 9.59 Å². The van der Waals surface area contributed by atoms with Crippen LogP contribution in [0.1, 0.15) is 36.0 Å². The number of halogens is 1. The second kappa shape index (κ2) is 6.02. The molecule has 0 radical (unpaired) electrons. The lowest BCUT2D eigenvalue weighted by atomic mass is 10.1. The number of H-pyrrole nitrogens is 1. The SMILES string of the molecule is N#CCN(C(=O)c1c[nH]c(=O)c(Br)c1)C1CCCC1. The first-order valence-corrected chi connectivity index (χ1v) is 6.99. The maximum atomic E-state index is 12.4. The van der Waals surface area contributed by atoms with E-state index in [1.807, 2.05) is 6.07 Å². The minimum Gasteiger partial charge on any atom is -0.327 e. The van der Waals surface area contributed by atoms with E-state index < -0.39 is 0 Å². The topological polar surface area (TPSA) is 77.0 Å². The van der Waals surface area contributed by atoms with Gasteiger partial charge in [-0.15, -0.1) is 0 Å². The number of carbonyl (C=O) groups is 1. The van der Waals surface area contributed by atoms with Crippen LogP contribution >= 0.6 is 15.9 Å². The first-order valence-electron chi connectivity index (χ1n) is 6.19. The van der Waals surface area contributed by atoms with Crippen molar-refractivity contribution in [3.8, 4) is 6.07 Å². The van der Waals surface area contributed by atoms with Crippen LogP contribution in [0, 0.1) is 11.3 Å². The molecule has 1 fully saturated rings. The summed E-state index contributed by atoms with van der Waals surface area (Å²) in [5.41, 5.74) is 0.123. The first-order chi connectivity index (χ1) is 9.13. The predicted octanol–water partition coefficient (Wildman–Crippen LogP) is 2.05. The van der Waals surface area contributed by atoms with Crippen LogP contribution < -0.4 is 5.56 Å². The number of aromatic nitrogens is 1. The molecular formula is C13H14BrN3O2. The van der Waals surface area contributed by atoms with Crippen molar-refractivity contribution in [3.63, 3.8) is 0 Å². The van der Waals surface area contributed by atoms with Gasteiger partial charge in [-0.25, -0.2) is 0 Å². The van der Waals surface area contributed by atoms with Gasteiger partial charge in [0, 0.05) is 12.2 Å². The number of carbonyl (C=O) groups excluding carboxylic acids is 1. The number of aromatic amines is 1. The highest BCUT2D eigenvalue weighted by Crippen LogP contribution is 2.24. The fraction of sp³-hybridized carbons (Fsp3) is 0.462. The third kappa shape index (κ3) is 3.04. The summed E-state index contributed by atoms with van der Waals surface area (Å²) in [7, 11) is 0. The third-order valence-electron chi connectivity index (χ3n) is 3.37. The maximum Gasteiger partial charge on any atom is 0.262 e. The fourth-order valence-electron chi connectivity index (χ4n) is 2.40. The van der Waals surface area contributed by atoms with Crippen molar-refractivity contribution in [1.29, 1.82) is 5.26 Å². The molecule has 0 saturated heterocycles. The number of rotatable bonds is 3. The van der Waals surface area contributed by atoms with Crippen molar-refractivity contribution in [1.82, 2.24) is 9.88 Å². The van der Waals surface area contributed by atoms with Crippen molar-refractivity contribution >= 4 is 21.8 Å². The Morgan fingerprint density at radius 2 is 2.21 bits per heavy atom. The summed E-state index contributed by atoms with van der Waals surface area (Å²) in [4.78, 5) is 27.8. The molecule has 0 unspecified atom stereocenters. The molecule has 19 heavy (non-hydrogen) atoms. The molecule has 1 aromatic rings. The van der Waals surface area contributed by atoms with Crippen molar-refractivity contribution < 1.29 is 4.79 Å². The molecule has 0 aromatic carbocycles. The van der Waals surface area contributed by atoms with Crippen molar-refractivity contribution in [2.24, 2.45) is 0 Å². The Bertz CT molecular complexity index is 570. The third-order valence-corrected chi connectivity index (χ3v) is 3.96. The molecule has 2 rings (SSSR count). The summed E-state index contributed by atoms with van der Waals surface area (Å²) >= 11 is 3.11. The number of nitrogens with zero attached hydrogens (tertiary/aromatic N) is 2. The van der Waals surface area contributed by atoms with Gasteiger partial charge in [-0.05, 0) is 34.8 Å². The largest absolute Gasteiger partial charge is 0.327 e. The number of nitrogens with one attached hydrogen (secondary N) is 1. The molecule has 6 heteroatoms. The lowest BCUT2D eigenvalue weighted by molar-refractivity contribution is 0.0709. The normalized spacial score (nSPS) is 15.2. The van der Waals surface area contributed by atoms with Gasteiger partial charge in [0.1, 0.15) is 6.54 Å². The number of pyridine rings is 1. The Balaban J connectivity index is 2.25. The maximum absolute atomic E-state index is 12.4.